The molecule has 0 aliphatic carbocycles. The van der Waals surface area contributed by atoms with Crippen LogP contribution < -0.4 is 10.6 Å². The molecule has 6 heteroatoms. The molecule has 6 nitrogen and oxygen atoms in total. The van der Waals surface area contributed by atoms with E-state index in [9.17, 15) is 14.4 Å². The average Bonchev–Trinajstić information content (AvgIpc) is 2.66. The Kier molecular flexibility index (Phi) is 6.91. The van der Waals surface area contributed by atoms with E-state index in [1.165, 1.54) is 6.92 Å². The molecule has 0 bridgehead atoms. The van der Waals surface area contributed by atoms with Gasteiger partial charge in [0.15, 0.2) is 12.4 Å². The van der Waals surface area contributed by atoms with E-state index in [-0.39, 0.29) is 12.4 Å². The molecule has 2 rings (SSSR count). The first kappa shape index (κ1) is 19.2. The van der Waals surface area contributed by atoms with E-state index in [1.54, 1.807) is 36.4 Å². The number of urea groups is 1. The molecular weight excluding hydrogens is 332 g/mol. The zero-order chi connectivity index (χ0) is 18.9. The van der Waals surface area contributed by atoms with Crippen molar-refractivity contribution in [3.8, 4) is 0 Å². The third kappa shape index (κ3) is 5.73. The Bertz CT molecular complexity index is 757. The molecule has 0 heterocycles. The van der Waals surface area contributed by atoms with Gasteiger partial charge in [0.05, 0.1) is 0 Å². The van der Waals surface area contributed by atoms with Crippen LogP contribution in [0.15, 0.2) is 54.6 Å². The third-order valence-electron chi connectivity index (χ3n) is 3.76. The van der Waals surface area contributed by atoms with Crippen LogP contribution in [-0.2, 0) is 16.0 Å². The number of hydrogen-bond donors (Lipinski definition) is 2. The summed E-state index contributed by atoms with van der Waals surface area (Å²) in [6.07, 6.45) is 0.887. The van der Waals surface area contributed by atoms with Gasteiger partial charge in [0.25, 0.3) is 0 Å². The summed E-state index contributed by atoms with van der Waals surface area (Å²) in [7, 11) is 0. The molecule has 0 unspecified atom stereocenters. The Morgan fingerprint density at radius 1 is 1.00 bits per heavy atom. The summed E-state index contributed by atoms with van der Waals surface area (Å²) in [5.41, 5.74) is 2.22. The van der Waals surface area contributed by atoms with Crippen LogP contribution in [0, 0.1) is 0 Å². The first-order valence-corrected chi connectivity index (χ1v) is 8.41. The number of nitrogens with one attached hydrogen (secondary N) is 2. The maximum Gasteiger partial charge on any atom is 0.328 e. The van der Waals surface area contributed by atoms with Crippen molar-refractivity contribution in [3.05, 3.63) is 65.7 Å². The topological polar surface area (TPSA) is 84.5 Å². The second-order valence-electron chi connectivity index (χ2n) is 5.77. The molecule has 2 N–H and O–H groups in total. The van der Waals surface area contributed by atoms with Crippen molar-refractivity contribution in [2.75, 3.05) is 11.9 Å². The zero-order valence-electron chi connectivity index (χ0n) is 14.8. The zero-order valence-corrected chi connectivity index (χ0v) is 14.8. The van der Waals surface area contributed by atoms with Crippen LogP contribution in [0.4, 0.5) is 10.5 Å². The van der Waals surface area contributed by atoms with Gasteiger partial charge in [0.1, 0.15) is 6.04 Å². The Morgan fingerprint density at radius 2 is 1.65 bits per heavy atom. The normalized spacial score (nSPS) is 11.3. The van der Waals surface area contributed by atoms with Gasteiger partial charge in [-0.1, -0.05) is 49.4 Å². The number of hydrogen-bond acceptors (Lipinski definition) is 4. The Balaban J connectivity index is 1.78. The number of rotatable bonds is 7. The molecule has 0 spiro atoms. The van der Waals surface area contributed by atoms with Crippen molar-refractivity contribution in [2.45, 2.75) is 26.3 Å². The number of ether oxygens (including phenoxy) is 1. The smallest absolute Gasteiger partial charge is 0.328 e. The van der Waals surface area contributed by atoms with Crippen LogP contribution in [0.5, 0.6) is 0 Å². The highest BCUT2D eigenvalue weighted by molar-refractivity contribution is 5.98. The quantitative estimate of drug-likeness (QED) is 0.591. The number of carbonyl (C=O) groups excluding carboxylic acids is 3. The van der Waals surface area contributed by atoms with Gasteiger partial charge in [-0.15, -0.1) is 0 Å². The van der Waals surface area contributed by atoms with Gasteiger partial charge in [-0.25, -0.2) is 9.59 Å². The number of esters is 1. The van der Waals surface area contributed by atoms with Gasteiger partial charge in [-0.2, -0.15) is 0 Å². The molecule has 0 aliphatic rings. The van der Waals surface area contributed by atoms with Crippen molar-refractivity contribution in [1.29, 1.82) is 0 Å². The van der Waals surface area contributed by atoms with Crippen LogP contribution in [0.25, 0.3) is 0 Å². The number of para-hydroxylation sites is 1. The lowest BCUT2D eigenvalue weighted by molar-refractivity contribution is -0.144. The highest BCUT2D eigenvalue weighted by Gasteiger charge is 2.18. The number of amides is 2. The molecule has 0 radical (unpaired) electrons. The van der Waals surface area contributed by atoms with Crippen molar-refractivity contribution >= 4 is 23.5 Å². The van der Waals surface area contributed by atoms with Crippen LogP contribution in [0.3, 0.4) is 0 Å². The summed E-state index contributed by atoms with van der Waals surface area (Å²) in [6.45, 7) is 3.16. The molecular formula is C20H22N2O4. The first-order chi connectivity index (χ1) is 12.5. The largest absolute Gasteiger partial charge is 0.456 e. The number of ketones is 1. The fourth-order valence-corrected chi connectivity index (χ4v) is 2.22. The minimum atomic E-state index is -0.881. The summed E-state index contributed by atoms with van der Waals surface area (Å²) in [5, 5.41) is 5.08. The minimum Gasteiger partial charge on any atom is -0.456 e. The lowest BCUT2D eigenvalue weighted by Crippen LogP contribution is -2.42. The molecule has 2 aromatic carbocycles. The molecule has 1 atom stereocenters. The summed E-state index contributed by atoms with van der Waals surface area (Å²) >= 11 is 0. The fraction of sp³-hybridized carbons (Fsp3) is 0.250. The minimum absolute atomic E-state index is 0.290. The van der Waals surface area contributed by atoms with Crippen molar-refractivity contribution in [3.63, 3.8) is 0 Å². The first-order valence-electron chi connectivity index (χ1n) is 8.41. The van der Waals surface area contributed by atoms with Crippen molar-refractivity contribution < 1.29 is 19.1 Å². The monoisotopic (exact) mass is 354 g/mol. The van der Waals surface area contributed by atoms with E-state index in [1.807, 2.05) is 25.1 Å². The number of anilines is 1. The molecule has 0 saturated heterocycles. The van der Waals surface area contributed by atoms with E-state index >= 15 is 0 Å². The highest BCUT2D eigenvalue weighted by Crippen LogP contribution is 2.07. The van der Waals surface area contributed by atoms with E-state index in [0.717, 1.165) is 12.0 Å². The van der Waals surface area contributed by atoms with Gasteiger partial charge in [0.2, 0.25) is 0 Å². The number of Topliss-reactive ketones (excluding diaryl/α,β-unsaturated/α-hetero) is 1. The Morgan fingerprint density at radius 3 is 2.27 bits per heavy atom. The van der Waals surface area contributed by atoms with Gasteiger partial charge >= 0.3 is 12.0 Å². The standard InChI is InChI=1S/C20H22N2O4/c1-3-15-9-11-16(12-10-15)18(23)13-26-19(24)14(2)21-20(25)22-17-7-5-4-6-8-17/h4-12,14H,3,13H2,1-2H3,(H2,21,22,25)/t14-/m0/s1. The van der Waals surface area contributed by atoms with Gasteiger partial charge < -0.3 is 15.4 Å². The maximum atomic E-state index is 12.1. The second kappa shape index (κ2) is 9.36. The van der Waals surface area contributed by atoms with Crippen LogP contribution in [0.2, 0.25) is 0 Å². The number of carbonyl (C=O) groups is 3. The summed E-state index contributed by atoms with van der Waals surface area (Å²) in [4.78, 5) is 35.9. The van der Waals surface area contributed by atoms with E-state index < -0.39 is 18.0 Å². The molecule has 136 valence electrons. The maximum absolute atomic E-state index is 12.1. The Hall–Kier alpha value is -3.15. The molecule has 2 aromatic rings. The van der Waals surface area contributed by atoms with E-state index in [0.29, 0.717) is 11.3 Å². The molecule has 0 saturated carbocycles. The molecule has 2 amide bonds. The predicted octanol–water partition coefficient (Wildman–Crippen LogP) is 3.19. The molecule has 0 aromatic heterocycles. The lowest BCUT2D eigenvalue weighted by atomic mass is 10.1. The number of benzene rings is 2. The summed E-state index contributed by atoms with van der Waals surface area (Å²) in [5.74, 6) is -0.964. The second-order valence-corrected chi connectivity index (χ2v) is 5.77. The van der Waals surface area contributed by atoms with E-state index in [4.69, 9.17) is 4.74 Å². The van der Waals surface area contributed by atoms with Gasteiger partial charge in [-0.05, 0) is 31.0 Å². The van der Waals surface area contributed by atoms with Crippen LogP contribution in [0.1, 0.15) is 29.8 Å². The molecule has 0 fully saturated rings. The predicted molar refractivity (Wildman–Crippen MR) is 99.2 cm³/mol. The number of aryl methyl sites for hydroxylation is 1. The Labute approximate surface area is 152 Å². The highest BCUT2D eigenvalue weighted by atomic mass is 16.5. The van der Waals surface area contributed by atoms with Gasteiger partial charge in [-0.3, -0.25) is 4.79 Å². The SMILES string of the molecule is CCc1ccc(C(=O)COC(=O)[C@H](C)NC(=O)Nc2ccccc2)cc1. The average molecular weight is 354 g/mol. The van der Waals surface area contributed by atoms with Crippen LogP contribution >= 0.6 is 0 Å². The van der Waals surface area contributed by atoms with Crippen molar-refractivity contribution in [2.24, 2.45) is 0 Å². The summed E-state index contributed by atoms with van der Waals surface area (Å²) in [6, 6.07) is 14.6. The van der Waals surface area contributed by atoms with Gasteiger partial charge in [0, 0.05) is 11.3 Å². The van der Waals surface area contributed by atoms with Crippen LogP contribution in [-0.4, -0.2) is 30.4 Å². The van der Waals surface area contributed by atoms with Crippen molar-refractivity contribution in [1.82, 2.24) is 5.32 Å². The fourth-order valence-electron chi connectivity index (χ4n) is 2.22. The molecule has 26 heavy (non-hydrogen) atoms. The summed E-state index contributed by atoms with van der Waals surface area (Å²) < 4.78 is 5.00. The lowest BCUT2D eigenvalue weighted by Gasteiger charge is -2.14. The van der Waals surface area contributed by atoms with E-state index in [2.05, 4.69) is 10.6 Å². The third-order valence-corrected chi connectivity index (χ3v) is 3.76. The molecule has 0 aliphatic heterocycles.